The van der Waals surface area contributed by atoms with Crippen LogP contribution in [0.25, 0.3) is 5.57 Å². The summed E-state index contributed by atoms with van der Waals surface area (Å²) in [6.45, 7) is 2.23. The van der Waals surface area contributed by atoms with E-state index in [0.29, 0.717) is 0 Å². The molecule has 0 amide bonds. The van der Waals surface area contributed by atoms with Crippen molar-refractivity contribution in [1.82, 2.24) is 9.55 Å². The highest BCUT2D eigenvalue weighted by Crippen LogP contribution is 2.33. The van der Waals surface area contributed by atoms with E-state index in [9.17, 15) is 0 Å². The van der Waals surface area contributed by atoms with E-state index in [1.54, 1.807) is 0 Å². The van der Waals surface area contributed by atoms with Gasteiger partial charge in [-0.3, -0.25) is 0 Å². The van der Waals surface area contributed by atoms with Crippen molar-refractivity contribution in [2.24, 2.45) is 0 Å². The van der Waals surface area contributed by atoms with Crippen molar-refractivity contribution in [2.75, 3.05) is 0 Å². The molecule has 0 atom stereocenters. The minimum absolute atomic E-state index is 0.203. The molecular weight excluding hydrogens is 535 g/mol. The Morgan fingerprint density at radius 2 is 1.19 bits per heavy atom. The largest absolute Gasteiger partial charge is 0.326 e. The molecule has 0 unspecified atom stereocenters. The lowest BCUT2D eigenvalue weighted by Crippen LogP contribution is -2.46. The number of aromatic nitrogens is 2. The average molecular weight is 575 g/mol. The maximum Gasteiger partial charge on any atom is 0.130 e. The smallest absolute Gasteiger partial charge is 0.130 e. The first-order chi connectivity index (χ1) is 21.2. The summed E-state index contributed by atoms with van der Waals surface area (Å²) in [6, 6.07) is 52.0. The van der Waals surface area contributed by atoms with Gasteiger partial charge in [-0.25, -0.2) is 4.98 Å². The summed E-state index contributed by atoms with van der Waals surface area (Å²) in [4.78, 5) is 4.40. The molecular formula is C39H39BN2Si. The van der Waals surface area contributed by atoms with Gasteiger partial charge in [0.2, 0.25) is 0 Å². The summed E-state index contributed by atoms with van der Waals surface area (Å²) in [5.41, 5.74) is 7.90. The molecule has 0 aliphatic rings. The van der Waals surface area contributed by atoms with Crippen molar-refractivity contribution in [2.45, 2.75) is 24.9 Å². The van der Waals surface area contributed by atoms with Crippen LogP contribution in [0.2, 0.25) is 0 Å². The molecule has 2 nitrogen and oxygen atoms in total. The van der Waals surface area contributed by atoms with Gasteiger partial charge in [-0.15, -0.1) is 5.98 Å². The van der Waals surface area contributed by atoms with E-state index in [4.69, 9.17) is 0 Å². The molecule has 0 N–H and O–H groups in total. The monoisotopic (exact) mass is 574 g/mol. The van der Waals surface area contributed by atoms with Crippen LogP contribution in [-0.2, 0) is 11.6 Å². The molecule has 212 valence electrons. The van der Waals surface area contributed by atoms with Gasteiger partial charge in [-0.2, -0.15) is 0 Å². The standard InChI is InChI=1S/C25H26N2Si.C14H13B/c1-2-9-21-14-16-24(17-15-21)28-25(27-19-18-26-20-27,22-10-5-3-6-11-22)23-12-7-4-8-13-23;15-11-14(12-7-3-1-4-8-12)13-9-5-2-6-10-13/h3-8,10-20H,2,9,28H2,1H3;1-11H,15H2. The Morgan fingerprint density at radius 1 is 0.698 bits per heavy atom. The number of aryl methyl sites for hydroxylation is 1. The minimum Gasteiger partial charge on any atom is -0.326 e. The molecule has 1 aromatic heterocycles. The second-order valence-corrected chi connectivity index (χ2v) is 12.9. The van der Waals surface area contributed by atoms with E-state index < -0.39 is 9.52 Å². The van der Waals surface area contributed by atoms with Gasteiger partial charge in [0.05, 0.1) is 21.0 Å². The van der Waals surface area contributed by atoms with Crippen molar-refractivity contribution in [1.29, 1.82) is 0 Å². The molecule has 6 rings (SSSR count). The first kappa shape index (κ1) is 29.8. The maximum absolute atomic E-state index is 4.40. The summed E-state index contributed by atoms with van der Waals surface area (Å²) in [7, 11) is 1.30. The highest BCUT2D eigenvalue weighted by Gasteiger charge is 2.36. The Morgan fingerprint density at radius 3 is 1.60 bits per heavy atom. The average Bonchev–Trinajstić information content (AvgIpc) is 3.63. The van der Waals surface area contributed by atoms with Crippen LogP contribution in [0, 0.1) is 0 Å². The van der Waals surface area contributed by atoms with E-state index in [2.05, 4.69) is 170 Å². The van der Waals surface area contributed by atoms with Gasteiger partial charge in [0, 0.05) is 12.4 Å². The lowest BCUT2D eigenvalue weighted by atomic mass is 9.92. The van der Waals surface area contributed by atoms with E-state index in [-0.39, 0.29) is 5.16 Å². The van der Waals surface area contributed by atoms with Crippen LogP contribution in [-0.4, -0.2) is 26.9 Å². The first-order valence-electron chi connectivity index (χ1n) is 15.2. The molecule has 0 aliphatic carbocycles. The topological polar surface area (TPSA) is 17.8 Å². The van der Waals surface area contributed by atoms with Gasteiger partial charge < -0.3 is 4.57 Å². The van der Waals surface area contributed by atoms with Crippen LogP contribution in [0.1, 0.15) is 41.2 Å². The van der Waals surface area contributed by atoms with Gasteiger partial charge in [0.1, 0.15) is 7.85 Å². The molecule has 0 radical (unpaired) electrons. The Kier molecular flexibility index (Phi) is 10.4. The summed E-state index contributed by atoms with van der Waals surface area (Å²) >= 11 is 0. The highest BCUT2D eigenvalue weighted by atomic mass is 28.2. The van der Waals surface area contributed by atoms with Gasteiger partial charge in [0.25, 0.3) is 0 Å². The summed E-state index contributed by atoms with van der Waals surface area (Å²) in [5.74, 6) is 2.16. The Labute approximate surface area is 260 Å². The Hall–Kier alpha value is -4.67. The van der Waals surface area contributed by atoms with Gasteiger partial charge >= 0.3 is 0 Å². The third kappa shape index (κ3) is 7.22. The SMILES string of the molecule is BC=C(c1ccccc1)c1ccccc1.CCCc1ccc([SiH2]C(c2ccccc2)(c2ccccc2)n2ccnc2)cc1. The minimum atomic E-state index is -0.777. The number of hydrogen-bond donors (Lipinski definition) is 0. The van der Waals surface area contributed by atoms with Crippen molar-refractivity contribution in [3.05, 3.63) is 198 Å². The molecule has 0 spiro atoms. The molecule has 5 aromatic carbocycles. The zero-order chi connectivity index (χ0) is 29.7. The quantitative estimate of drug-likeness (QED) is 0.174. The molecule has 0 fully saturated rings. The fourth-order valence-corrected chi connectivity index (χ4v) is 8.13. The van der Waals surface area contributed by atoms with Crippen LogP contribution in [0.3, 0.4) is 0 Å². The lowest BCUT2D eigenvalue weighted by Gasteiger charge is -2.37. The van der Waals surface area contributed by atoms with E-state index >= 15 is 0 Å². The highest BCUT2D eigenvalue weighted by molar-refractivity contribution is 6.57. The molecule has 4 heteroatoms. The summed E-state index contributed by atoms with van der Waals surface area (Å²) in [6.07, 6.45) is 8.30. The fourth-order valence-electron chi connectivity index (χ4n) is 5.82. The van der Waals surface area contributed by atoms with Crippen LogP contribution in [0.5, 0.6) is 0 Å². The van der Waals surface area contributed by atoms with Crippen LogP contribution < -0.4 is 5.19 Å². The van der Waals surface area contributed by atoms with E-state index in [1.165, 1.54) is 45.0 Å². The van der Waals surface area contributed by atoms with Crippen molar-refractivity contribution in [3.8, 4) is 0 Å². The number of nitrogens with zero attached hydrogens (tertiary/aromatic N) is 2. The van der Waals surface area contributed by atoms with E-state index in [1.807, 2.05) is 24.7 Å². The van der Waals surface area contributed by atoms with Crippen molar-refractivity contribution < 1.29 is 0 Å². The van der Waals surface area contributed by atoms with Gasteiger partial charge in [-0.05, 0) is 39.8 Å². The molecule has 0 saturated carbocycles. The van der Waals surface area contributed by atoms with Crippen LogP contribution in [0.4, 0.5) is 0 Å². The summed E-state index contributed by atoms with van der Waals surface area (Å²) in [5, 5.41) is 1.26. The third-order valence-corrected chi connectivity index (χ3v) is 10.5. The van der Waals surface area contributed by atoms with Gasteiger partial charge in [-0.1, -0.05) is 164 Å². The number of imidazole rings is 1. The Bertz CT molecular complexity index is 1590. The molecule has 0 bridgehead atoms. The van der Waals surface area contributed by atoms with Crippen molar-refractivity contribution in [3.63, 3.8) is 0 Å². The second kappa shape index (κ2) is 15.0. The third-order valence-electron chi connectivity index (χ3n) is 7.93. The lowest BCUT2D eigenvalue weighted by molar-refractivity contribution is 0.596. The second-order valence-electron chi connectivity index (χ2n) is 10.7. The molecule has 43 heavy (non-hydrogen) atoms. The van der Waals surface area contributed by atoms with Gasteiger partial charge in [0.15, 0.2) is 0 Å². The normalized spacial score (nSPS) is 11.1. The number of benzene rings is 5. The molecule has 6 aromatic rings. The molecule has 0 aliphatic heterocycles. The van der Waals surface area contributed by atoms with Crippen LogP contribution >= 0.6 is 0 Å². The zero-order valence-corrected chi connectivity index (χ0v) is 26.6. The zero-order valence-electron chi connectivity index (χ0n) is 25.2. The summed E-state index contributed by atoms with van der Waals surface area (Å²) < 4.78 is 2.31. The van der Waals surface area contributed by atoms with E-state index in [0.717, 1.165) is 6.42 Å². The first-order valence-corrected chi connectivity index (χ1v) is 16.6. The number of rotatable bonds is 9. The molecule has 0 saturated heterocycles. The predicted molar refractivity (Wildman–Crippen MR) is 188 cm³/mol. The maximum atomic E-state index is 4.40. The van der Waals surface area contributed by atoms with Crippen molar-refractivity contribution >= 4 is 28.1 Å². The Balaban J connectivity index is 0.000000207. The predicted octanol–water partition coefficient (Wildman–Crippen LogP) is 6.79. The molecule has 1 heterocycles. The fraction of sp³-hybridized carbons (Fsp3) is 0.103. The van der Waals surface area contributed by atoms with Crippen LogP contribution in [0.15, 0.2) is 170 Å². The number of hydrogen-bond acceptors (Lipinski definition) is 1.